The summed E-state index contributed by atoms with van der Waals surface area (Å²) in [7, 11) is -0.766. The Bertz CT molecular complexity index is 212. The van der Waals surface area contributed by atoms with Crippen molar-refractivity contribution < 1.29 is 13.8 Å². The first-order chi connectivity index (χ1) is 5.43. The number of hydrogen-bond donors (Lipinski definition) is 0. The van der Waals surface area contributed by atoms with Gasteiger partial charge in [0.25, 0.3) is 0 Å². The molecular weight excluding hydrogens is 163 g/mol. The quantitative estimate of drug-likeness (QED) is 0.394. The monoisotopic (exact) mass is 171 g/mol. The second-order valence-electron chi connectivity index (χ2n) is 1.80. The largest absolute Gasteiger partial charge is 0.497 e. The Morgan fingerprint density at radius 2 is 2.00 bits per heavy atom. The van der Waals surface area contributed by atoms with E-state index in [-0.39, 0.29) is 6.79 Å². The van der Waals surface area contributed by atoms with Gasteiger partial charge in [-0.1, -0.05) is 18.2 Å². The molecule has 1 aromatic rings. The van der Waals surface area contributed by atoms with Crippen LogP contribution in [0, 0.1) is 0 Å². The Morgan fingerprint density at radius 1 is 1.27 bits per heavy atom. The number of para-hydroxylation sites is 1. The molecule has 0 bridgehead atoms. The van der Waals surface area contributed by atoms with Crippen molar-refractivity contribution in [3.05, 3.63) is 30.3 Å². The maximum atomic E-state index is 9.85. The minimum atomic E-state index is -0.766. The summed E-state index contributed by atoms with van der Waals surface area (Å²) in [5.74, 6) is 0.714. The Morgan fingerprint density at radius 3 is 2.64 bits per heavy atom. The third-order valence-electron chi connectivity index (χ3n) is 1.09. The van der Waals surface area contributed by atoms with Crippen LogP contribution in [0.25, 0.3) is 0 Å². The highest BCUT2D eigenvalue weighted by Crippen LogP contribution is 2.08. The van der Waals surface area contributed by atoms with Gasteiger partial charge < -0.3 is 4.74 Å². The first-order valence-corrected chi connectivity index (χ1v) is 3.92. The van der Waals surface area contributed by atoms with Gasteiger partial charge in [0.05, 0.1) is 0 Å². The van der Waals surface area contributed by atoms with Gasteiger partial charge in [0.15, 0.2) is 0 Å². The van der Waals surface area contributed by atoms with Crippen molar-refractivity contribution in [3.63, 3.8) is 0 Å². The van der Waals surface area contributed by atoms with E-state index < -0.39 is 8.69 Å². The lowest BCUT2D eigenvalue weighted by Gasteiger charge is -1.98. The van der Waals surface area contributed by atoms with Crippen LogP contribution in [0.2, 0.25) is 0 Å². The average molecular weight is 171 g/mol. The molecule has 0 saturated heterocycles. The molecule has 58 valence electrons. The van der Waals surface area contributed by atoms with Crippen LogP contribution in [0.15, 0.2) is 30.3 Å². The van der Waals surface area contributed by atoms with Crippen molar-refractivity contribution >= 4 is 8.69 Å². The molecular formula is C7H8O3P+. The molecule has 4 heteroatoms. The van der Waals surface area contributed by atoms with E-state index in [4.69, 9.17) is 4.74 Å². The molecule has 11 heavy (non-hydrogen) atoms. The van der Waals surface area contributed by atoms with Crippen molar-refractivity contribution in [2.75, 3.05) is 6.79 Å². The summed E-state index contributed by atoms with van der Waals surface area (Å²) in [4.78, 5) is 0. The van der Waals surface area contributed by atoms with Crippen LogP contribution in [0.1, 0.15) is 0 Å². The van der Waals surface area contributed by atoms with Gasteiger partial charge in [0.1, 0.15) is 5.75 Å². The smallest absolute Gasteiger partial charge is 0.463 e. The minimum absolute atomic E-state index is 0.0337. The fourth-order valence-electron chi connectivity index (χ4n) is 0.638. The number of rotatable bonds is 4. The third kappa shape index (κ3) is 3.12. The summed E-state index contributed by atoms with van der Waals surface area (Å²) >= 11 is 0. The standard InChI is InChI=1S/C7H8O3P/c8-11-10-6-9-7-4-2-1-3-5-7/h1-5,11H,6H2/q+1. The molecule has 0 aliphatic carbocycles. The van der Waals surface area contributed by atoms with Crippen molar-refractivity contribution in [1.82, 2.24) is 0 Å². The van der Waals surface area contributed by atoms with Gasteiger partial charge in [-0.05, 0) is 16.7 Å². The van der Waals surface area contributed by atoms with Crippen LogP contribution in [0.3, 0.4) is 0 Å². The summed E-state index contributed by atoms with van der Waals surface area (Å²) in [6.07, 6.45) is 0. The van der Waals surface area contributed by atoms with Gasteiger partial charge in [-0.25, -0.2) is 0 Å². The predicted molar refractivity (Wildman–Crippen MR) is 42.0 cm³/mol. The van der Waals surface area contributed by atoms with Crippen LogP contribution >= 0.6 is 8.69 Å². The lowest BCUT2D eigenvalue weighted by atomic mass is 10.3. The minimum Gasteiger partial charge on any atom is -0.463 e. The molecule has 0 aromatic heterocycles. The Kier molecular flexibility index (Phi) is 3.59. The summed E-state index contributed by atoms with van der Waals surface area (Å²) in [5.41, 5.74) is 0. The maximum Gasteiger partial charge on any atom is 0.497 e. The third-order valence-corrected chi connectivity index (χ3v) is 1.32. The Balaban J connectivity index is 2.33. The van der Waals surface area contributed by atoms with Crippen LogP contribution in [-0.4, -0.2) is 6.79 Å². The first-order valence-electron chi connectivity index (χ1n) is 3.10. The van der Waals surface area contributed by atoms with Crippen LogP contribution < -0.4 is 4.74 Å². The molecule has 0 fully saturated rings. The molecule has 0 heterocycles. The lowest BCUT2D eigenvalue weighted by Crippen LogP contribution is -1.95. The molecule has 1 atom stereocenters. The summed E-state index contributed by atoms with van der Waals surface area (Å²) < 4.78 is 19.4. The Hall–Kier alpha value is -0.920. The zero-order valence-electron chi connectivity index (χ0n) is 5.82. The van der Waals surface area contributed by atoms with Crippen molar-refractivity contribution in [2.45, 2.75) is 0 Å². The number of ether oxygens (including phenoxy) is 1. The highest BCUT2D eigenvalue weighted by atomic mass is 31.1. The molecule has 0 amide bonds. The van der Waals surface area contributed by atoms with Crippen LogP contribution in [0.5, 0.6) is 5.75 Å². The summed E-state index contributed by atoms with van der Waals surface area (Å²) in [5, 5.41) is 0. The highest BCUT2D eigenvalue weighted by Gasteiger charge is 1.92. The van der Waals surface area contributed by atoms with E-state index in [9.17, 15) is 4.57 Å². The summed E-state index contributed by atoms with van der Waals surface area (Å²) in [6.45, 7) is 0.0337. The molecule has 0 spiro atoms. The van der Waals surface area contributed by atoms with Gasteiger partial charge >= 0.3 is 8.69 Å². The molecule has 1 unspecified atom stereocenters. The summed E-state index contributed by atoms with van der Waals surface area (Å²) in [6, 6.07) is 9.21. The van der Waals surface area contributed by atoms with E-state index >= 15 is 0 Å². The first kappa shape index (κ1) is 8.18. The molecule has 0 N–H and O–H groups in total. The van der Waals surface area contributed by atoms with E-state index in [0.29, 0.717) is 5.75 Å². The molecule has 1 aromatic carbocycles. The zero-order chi connectivity index (χ0) is 7.94. The van der Waals surface area contributed by atoms with Crippen molar-refractivity contribution in [3.8, 4) is 5.75 Å². The zero-order valence-corrected chi connectivity index (χ0v) is 6.82. The maximum absolute atomic E-state index is 9.85. The SMILES string of the molecule is O=[PH+]OCOc1ccccc1. The molecule has 0 aliphatic rings. The van der Waals surface area contributed by atoms with E-state index in [2.05, 4.69) is 4.52 Å². The normalized spacial score (nSPS) is 9.82. The molecule has 1 rings (SSSR count). The second kappa shape index (κ2) is 4.83. The molecule has 0 saturated carbocycles. The molecule has 0 aliphatic heterocycles. The van der Waals surface area contributed by atoms with Gasteiger partial charge in [-0.3, -0.25) is 0 Å². The van der Waals surface area contributed by atoms with Crippen LogP contribution in [-0.2, 0) is 9.09 Å². The van der Waals surface area contributed by atoms with Crippen molar-refractivity contribution in [1.29, 1.82) is 0 Å². The van der Waals surface area contributed by atoms with E-state index in [1.807, 2.05) is 18.2 Å². The second-order valence-corrected chi connectivity index (χ2v) is 2.26. The lowest BCUT2D eigenvalue weighted by molar-refractivity contribution is 0.133. The number of hydrogen-bond acceptors (Lipinski definition) is 3. The fourth-order valence-corrected chi connectivity index (χ4v) is 0.745. The van der Waals surface area contributed by atoms with E-state index in [1.165, 1.54) is 0 Å². The average Bonchev–Trinajstić information content (AvgIpc) is 2.07. The fraction of sp³-hybridized carbons (Fsp3) is 0.143. The van der Waals surface area contributed by atoms with Crippen molar-refractivity contribution in [2.24, 2.45) is 0 Å². The van der Waals surface area contributed by atoms with Gasteiger partial charge in [0, 0.05) is 0 Å². The molecule has 0 radical (unpaired) electrons. The topological polar surface area (TPSA) is 35.5 Å². The molecule has 3 nitrogen and oxygen atoms in total. The van der Waals surface area contributed by atoms with Crippen LogP contribution in [0.4, 0.5) is 0 Å². The van der Waals surface area contributed by atoms with Gasteiger partial charge in [0.2, 0.25) is 6.79 Å². The number of benzene rings is 1. The predicted octanol–water partition coefficient (Wildman–Crippen LogP) is 1.98. The Labute approximate surface area is 66.2 Å². The highest BCUT2D eigenvalue weighted by molar-refractivity contribution is 7.17. The van der Waals surface area contributed by atoms with E-state index in [1.54, 1.807) is 12.1 Å². The van der Waals surface area contributed by atoms with E-state index in [0.717, 1.165) is 0 Å². The van der Waals surface area contributed by atoms with Gasteiger partial charge in [-0.2, -0.15) is 0 Å². The van der Waals surface area contributed by atoms with Gasteiger partial charge in [-0.15, -0.1) is 4.52 Å².